The fourth-order valence-corrected chi connectivity index (χ4v) is 4.33. The molecule has 4 aliphatic rings. The molecule has 0 aromatic carbocycles. The number of aliphatic hydroxyl groups excluding tert-OH is 1. The van der Waals surface area contributed by atoms with E-state index in [0.29, 0.717) is 11.3 Å². The van der Waals surface area contributed by atoms with E-state index < -0.39 is 0 Å². The zero-order valence-electron chi connectivity index (χ0n) is 8.34. The topological polar surface area (TPSA) is 20.2 Å². The van der Waals surface area contributed by atoms with Crippen molar-refractivity contribution < 1.29 is 5.11 Å². The molecule has 4 aliphatic carbocycles. The molecule has 4 fully saturated rings. The third-order valence-electron chi connectivity index (χ3n) is 5.10. The van der Waals surface area contributed by atoms with Gasteiger partial charge in [-0.3, -0.25) is 0 Å². The van der Waals surface area contributed by atoms with Crippen molar-refractivity contribution in [2.24, 2.45) is 17.3 Å². The number of rotatable bonds is 0. The summed E-state index contributed by atoms with van der Waals surface area (Å²) in [5.41, 5.74) is 0.604. The predicted octanol–water partition coefficient (Wildman–Crippen LogP) is 2.73. The summed E-state index contributed by atoms with van der Waals surface area (Å²) in [5.74, 6) is 1.66. The van der Waals surface area contributed by atoms with E-state index in [-0.39, 0.29) is 6.10 Å². The first kappa shape index (κ1) is 8.28. The first-order valence-corrected chi connectivity index (χ1v) is 5.98. The molecule has 1 heteroatoms. The van der Waals surface area contributed by atoms with Crippen molar-refractivity contribution in [1.82, 2.24) is 0 Å². The molecule has 0 aromatic rings. The van der Waals surface area contributed by atoms with E-state index >= 15 is 0 Å². The third-order valence-corrected chi connectivity index (χ3v) is 5.10. The second-order valence-corrected chi connectivity index (χ2v) is 5.61. The summed E-state index contributed by atoms with van der Waals surface area (Å²) in [4.78, 5) is 0. The van der Waals surface area contributed by atoms with E-state index in [4.69, 9.17) is 0 Å². The van der Waals surface area contributed by atoms with Crippen LogP contribution in [0.3, 0.4) is 0 Å². The molecule has 4 rings (SSSR count). The summed E-state index contributed by atoms with van der Waals surface area (Å²) in [6.45, 7) is 0. The second-order valence-electron chi connectivity index (χ2n) is 5.61. The fraction of sp³-hybridized carbons (Fsp3) is 1.00. The molecular weight excluding hydrogens is 160 g/mol. The molecule has 1 N–H and O–H groups in total. The summed E-state index contributed by atoms with van der Waals surface area (Å²) in [6, 6.07) is 0. The van der Waals surface area contributed by atoms with Crippen LogP contribution in [0.15, 0.2) is 0 Å². The average molecular weight is 180 g/mol. The van der Waals surface area contributed by atoms with Gasteiger partial charge in [0.25, 0.3) is 0 Å². The van der Waals surface area contributed by atoms with E-state index in [1.807, 2.05) is 0 Å². The first-order chi connectivity index (χ1) is 6.30. The SMILES string of the molecule is O[C@H]1C[C@@]23CCCC[C@H]2C[C@@H]1CC3. The van der Waals surface area contributed by atoms with Crippen LogP contribution in [0.5, 0.6) is 0 Å². The van der Waals surface area contributed by atoms with E-state index in [2.05, 4.69) is 0 Å². The zero-order chi connectivity index (χ0) is 8.89. The van der Waals surface area contributed by atoms with Gasteiger partial charge >= 0.3 is 0 Å². The third kappa shape index (κ3) is 1.09. The van der Waals surface area contributed by atoms with E-state index in [9.17, 15) is 5.11 Å². The maximum absolute atomic E-state index is 9.93. The molecule has 4 atom stereocenters. The standard InChI is InChI=1S/C12H20O/c13-11-8-12-5-2-1-3-10(12)7-9(11)4-6-12/h9-11,13H,1-8H2/t9-,10-,11-,12-/m0/s1. The van der Waals surface area contributed by atoms with Gasteiger partial charge in [-0.2, -0.15) is 0 Å². The molecule has 1 nitrogen and oxygen atoms in total. The van der Waals surface area contributed by atoms with Gasteiger partial charge in [0.15, 0.2) is 0 Å². The lowest BCUT2D eigenvalue weighted by Gasteiger charge is -2.56. The van der Waals surface area contributed by atoms with Gasteiger partial charge < -0.3 is 5.11 Å². The van der Waals surface area contributed by atoms with Gasteiger partial charge in [0.1, 0.15) is 0 Å². The highest BCUT2D eigenvalue weighted by Crippen LogP contribution is 2.59. The maximum Gasteiger partial charge on any atom is 0.0573 e. The van der Waals surface area contributed by atoms with Crippen LogP contribution in [-0.2, 0) is 0 Å². The predicted molar refractivity (Wildman–Crippen MR) is 52.4 cm³/mol. The Kier molecular flexibility index (Phi) is 1.74. The minimum atomic E-state index is 0.0584. The van der Waals surface area contributed by atoms with Gasteiger partial charge in [-0.15, -0.1) is 0 Å². The van der Waals surface area contributed by atoms with Crippen molar-refractivity contribution in [3.63, 3.8) is 0 Å². The highest BCUT2D eigenvalue weighted by atomic mass is 16.3. The Morgan fingerprint density at radius 3 is 2.85 bits per heavy atom. The zero-order valence-corrected chi connectivity index (χ0v) is 8.34. The molecule has 0 heterocycles. The lowest BCUT2D eigenvalue weighted by Crippen LogP contribution is -2.50. The largest absolute Gasteiger partial charge is 0.393 e. The Balaban J connectivity index is 1.88. The van der Waals surface area contributed by atoms with Crippen LogP contribution < -0.4 is 0 Å². The molecule has 0 radical (unpaired) electrons. The molecule has 2 bridgehead atoms. The maximum atomic E-state index is 9.93. The minimum absolute atomic E-state index is 0.0584. The smallest absolute Gasteiger partial charge is 0.0573 e. The Hall–Kier alpha value is -0.0400. The van der Waals surface area contributed by atoms with E-state index in [1.54, 1.807) is 0 Å². The van der Waals surface area contributed by atoms with Crippen molar-refractivity contribution >= 4 is 0 Å². The monoisotopic (exact) mass is 180 g/mol. The fourth-order valence-electron chi connectivity index (χ4n) is 4.33. The molecule has 4 saturated carbocycles. The minimum Gasteiger partial charge on any atom is -0.393 e. The van der Waals surface area contributed by atoms with Crippen LogP contribution >= 0.6 is 0 Å². The van der Waals surface area contributed by atoms with Crippen molar-refractivity contribution in [1.29, 1.82) is 0 Å². The summed E-state index contributed by atoms with van der Waals surface area (Å²) < 4.78 is 0. The van der Waals surface area contributed by atoms with Crippen molar-refractivity contribution in [2.75, 3.05) is 0 Å². The molecule has 0 saturated heterocycles. The number of aliphatic hydroxyl groups is 1. The molecule has 0 unspecified atom stereocenters. The van der Waals surface area contributed by atoms with E-state index in [1.165, 1.54) is 44.9 Å². The van der Waals surface area contributed by atoms with Gasteiger partial charge in [-0.1, -0.05) is 12.8 Å². The lowest BCUT2D eigenvalue weighted by molar-refractivity contribution is -0.110. The average Bonchev–Trinajstić information content (AvgIpc) is 2.16. The lowest BCUT2D eigenvalue weighted by atomic mass is 9.50. The van der Waals surface area contributed by atoms with Gasteiger partial charge in [-0.25, -0.2) is 0 Å². The highest BCUT2D eigenvalue weighted by Gasteiger charge is 2.51. The Bertz CT molecular complexity index is 209. The molecular formula is C12H20O. The molecule has 0 aromatic heterocycles. The van der Waals surface area contributed by atoms with Gasteiger partial charge in [0.05, 0.1) is 6.10 Å². The molecule has 1 spiro atoms. The van der Waals surface area contributed by atoms with Crippen molar-refractivity contribution in [3.8, 4) is 0 Å². The summed E-state index contributed by atoms with van der Waals surface area (Å²) in [5, 5.41) is 9.93. The van der Waals surface area contributed by atoms with Gasteiger partial charge in [-0.05, 0) is 55.8 Å². The molecule has 74 valence electrons. The van der Waals surface area contributed by atoms with Crippen LogP contribution in [0.1, 0.15) is 51.4 Å². The number of hydrogen-bond acceptors (Lipinski definition) is 1. The normalized spacial score (nSPS) is 54.7. The Labute approximate surface area is 80.5 Å². The van der Waals surface area contributed by atoms with Crippen LogP contribution in [0, 0.1) is 17.3 Å². The molecule has 0 amide bonds. The molecule has 13 heavy (non-hydrogen) atoms. The Morgan fingerprint density at radius 2 is 2.00 bits per heavy atom. The number of hydrogen-bond donors (Lipinski definition) is 1. The van der Waals surface area contributed by atoms with Crippen LogP contribution in [0.25, 0.3) is 0 Å². The van der Waals surface area contributed by atoms with Gasteiger partial charge in [0, 0.05) is 0 Å². The van der Waals surface area contributed by atoms with Crippen molar-refractivity contribution in [2.45, 2.75) is 57.5 Å². The van der Waals surface area contributed by atoms with Crippen LogP contribution in [0.4, 0.5) is 0 Å². The van der Waals surface area contributed by atoms with Crippen LogP contribution in [-0.4, -0.2) is 11.2 Å². The van der Waals surface area contributed by atoms with Gasteiger partial charge in [0.2, 0.25) is 0 Å². The number of fused-ring (bicyclic) bond motifs is 2. The van der Waals surface area contributed by atoms with Crippen LogP contribution in [0.2, 0.25) is 0 Å². The molecule has 0 aliphatic heterocycles. The van der Waals surface area contributed by atoms with Crippen molar-refractivity contribution in [3.05, 3.63) is 0 Å². The quantitative estimate of drug-likeness (QED) is 0.607. The highest BCUT2D eigenvalue weighted by molar-refractivity contribution is 5.02. The first-order valence-electron chi connectivity index (χ1n) is 5.98. The second kappa shape index (κ2) is 2.73. The summed E-state index contributed by atoms with van der Waals surface area (Å²) >= 11 is 0. The summed E-state index contributed by atoms with van der Waals surface area (Å²) in [6.07, 6.45) is 11.1. The van der Waals surface area contributed by atoms with E-state index in [0.717, 1.165) is 12.3 Å². The summed E-state index contributed by atoms with van der Waals surface area (Å²) in [7, 11) is 0. The Morgan fingerprint density at radius 1 is 1.08 bits per heavy atom.